The van der Waals surface area contributed by atoms with Crippen LogP contribution in [0.1, 0.15) is 19.3 Å². The van der Waals surface area contributed by atoms with Crippen molar-refractivity contribution in [2.45, 2.75) is 24.8 Å². The number of anilines is 1. The first-order valence-electron chi connectivity index (χ1n) is 6.56. The highest BCUT2D eigenvalue weighted by Crippen LogP contribution is 2.38. The largest absolute Gasteiger partial charge is 0.394 e. The first-order valence-corrected chi connectivity index (χ1v) is 6.56. The summed E-state index contributed by atoms with van der Waals surface area (Å²) < 4.78 is 0. The SMILES string of the molecule is O=[N+]([O-])c1ccc(NC2(CO)CCC2)c2cccnc12. The van der Waals surface area contributed by atoms with E-state index >= 15 is 0 Å². The molecule has 3 rings (SSSR count). The van der Waals surface area contributed by atoms with Crippen LogP contribution in [0.4, 0.5) is 11.4 Å². The topological polar surface area (TPSA) is 88.3 Å². The number of aromatic nitrogens is 1. The Morgan fingerprint density at radius 3 is 2.80 bits per heavy atom. The lowest BCUT2D eigenvalue weighted by molar-refractivity contribution is -0.383. The van der Waals surface area contributed by atoms with Crippen molar-refractivity contribution in [3.05, 3.63) is 40.6 Å². The molecule has 104 valence electrons. The van der Waals surface area contributed by atoms with E-state index in [0.717, 1.165) is 24.9 Å². The van der Waals surface area contributed by atoms with Crippen LogP contribution in [0.5, 0.6) is 0 Å². The molecule has 0 amide bonds. The first kappa shape index (κ1) is 12.8. The van der Waals surface area contributed by atoms with Crippen molar-refractivity contribution in [3.8, 4) is 0 Å². The number of pyridine rings is 1. The van der Waals surface area contributed by atoms with Crippen molar-refractivity contribution < 1.29 is 10.0 Å². The number of hydrogen-bond donors (Lipinski definition) is 2. The Morgan fingerprint density at radius 1 is 1.40 bits per heavy atom. The molecular formula is C14H15N3O3. The Hall–Kier alpha value is -2.21. The zero-order chi connectivity index (χ0) is 14.2. The molecule has 2 N–H and O–H groups in total. The zero-order valence-electron chi connectivity index (χ0n) is 10.9. The van der Waals surface area contributed by atoms with Gasteiger partial charge >= 0.3 is 0 Å². The van der Waals surface area contributed by atoms with Crippen molar-refractivity contribution in [2.75, 3.05) is 11.9 Å². The Bertz CT molecular complexity index is 662. The van der Waals surface area contributed by atoms with Crippen LogP contribution in [0.2, 0.25) is 0 Å². The van der Waals surface area contributed by atoms with Crippen LogP contribution in [-0.4, -0.2) is 27.2 Å². The van der Waals surface area contributed by atoms with Crippen LogP contribution in [-0.2, 0) is 0 Å². The first-order chi connectivity index (χ1) is 9.65. The number of nitrogens with zero attached hydrogens (tertiary/aromatic N) is 2. The Kier molecular flexibility index (Phi) is 3.02. The maximum Gasteiger partial charge on any atom is 0.295 e. The lowest BCUT2D eigenvalue weighted by Gasteiger charge is -2.42. The fourth-order valence-corrected chi connectivity index (χ4v) is 2.63. The molecule has 6 nitrogen and oxygen atoms in total. The molecule has 0 atom stereocenters. The van der Waals surface area contributed by atoms with Crippen molar-refractivity contribution in [3.63, 3.8) is 0 Å². The van der Waals surface area contributed by atoms with Gasteiger partial charge in [0.1, 0.15) is 5.52 Å². The molecule has 6 heteroatoms. The molecule has 0 spiro atoms. The second-order valence-electron chi connectivity index (χ2n) is 5.21. The zero-order valence-corrected chi connectivity index (χ0v) is 10.9. The number of nitrogens with one attached hydrogen (secondary N) is 1. The van der Waals surface area contributed by atoms with Crippen LogP contribution in [0, 0.1) is 10.1 Å². The fourth-order valence-electron chi connectivity index (χ4n) is 2.63. The van der Waals surface area contributed by atoms with Gasteiger partial charge in [-0.15, -0.1) is 0 Å². The Balaban J connectivity index is 2.08. The lowest BCUT2D eigenvalue weighted by Crippen LogP contribution is -2.48. The van der Waals surface area contributed by atoms with Crippen molar-refractivity contribution in [2.24, 2.45) is 0 Å². The summed E-state index contributed by atoms with van der Waals surface area (Å²) in [7, 11) is 0. The molecule has 0 bridgehead atoms. The standard InChI is InChI=1S/C14H15N3O3/c18-9-14(6-2-7-14)16-11-4-5-12(17(19)20)13-10(11)3-1-8-15-13/h1,3-5,8,16,18H,2,6-7,9H2. The number of fused-ring (bicyclic) bond motifs is 1. The second kappa shape index (κ2) is 4.72. The van der Waals surface area contributed by atoms with E-state index in [0.29, 0.717) is 10.9 Å². The van der Waals surface area contributed by atoms with E-state index in [2.05, 4.69) is 10.3 Å². The van der Waals surface area contributed by atoms with Gasteiger partial charge in [-0.3, -0.25) is 10.1 Å². The molecule has 1 aliphatic rings. The van der Waals surface area contributed by atoms with Crippen molar-refractivity contribution in [1.29, 1.82) is 0 Å². The Morgan fingerprint density at radius 2 is 2.20 bits per heavy atom. The quantitative estimate of drug-likeness (QED) is 0.660. The molecule has 0 saturated heterocycles. The Labute approximate surface area is 115 Å². The van der Waals surface area contributed by atoms with Crippen molar-refractivity contribution >= 4 is 22.3 Å². The molecule has 20 heavy (non-hydrogen) atoms. The smallest absolute Gasteiger partial charge is 0.295 e. The number of nitro benzene ring substituents is 1. The third-order valence-electron chi connectivity index (χ3n) is 3.96. The number of rotatable bonds is 4. The highest BCUT2D eigenvalue weighted by Gasteiger charge is 2.36. The van der Waals surface area contributed by atoms with E-state index < -0.39 is 4.92 Å². The van der Waals surface area contributed by atoms with Gasteiger partial charge in [-0.1, -0.05) is 0 Å². The lowest BCUT2D eigenvalue weighted by atomic mass is 9.77. The average Bonchev–Trinajstić information content (AvgIpc) is 2.42. The van der Waals surface area contributed by atoms with E-state index in [1.165, 1.54) is 6.07 Å². The maximum absolute atomic E-state index is 11.0. The molecule has 1 heterocycles. The average molecular weight is 273 g/mol. The molecule has 1 aromatic heterocycles. The van der Waals surface area contributed by atoms with Gasteiger partial charge < -0.3 is 10.4 Å². The molecule has 0 unspecified atom stereocenters. The van der Waals surface area contributed by atoms with E-state index in [4.69, 9.17) is 0 Å². The molecule has 1 saturated carbocycles. The molecule has 1 aromatic carbocycles. The van der Waals surface area contributed by atoms with Gasteiger partial charge in [-0.05, 0) is 37.5 Å². The molecule has 1 aliphatic carbocycles. The van der Waals surface area contributed by atoms with Gasteiger partial charge in [0.25, 0.3) is 5.69 Å². The van der Waals surface area contributed by atoms with Crippen LogP contribution < -0.4 is 5.32 Å². The number of aliphatic hydroxyl groups excluding tert-OH is 1. The highest BCUT2D eigenvalue weighted by atomic mass is 16.6. The summed E-state index contributed by atoms with van der Waals surface area (Å²) in [6.45, 7) is 0.0613. The van der Waals surface area contributed by atoms with Crippen LogP contribution >= 0.6 is 0 Å². The third kappa shape index (κ3) is 1.98. The maximum atomic E-state index is 11.0. The second-order valence-corrected chi connectivity index (χ2v) is 5.21. The van der Waals surface area contributed by atoms with Crippen LogP contribution in [0.3, 0.4) is 0 Å². The van der Waals surface area contributed by atoms with Crippen LogP contribution in [0.25, 0.3) is 10.9 Å². The van der Waals surface area contributed by atoms with Gasteiger partial charge in [0.2, 0.25) is 0 Å². The predicted molar refractivity (Wildman–Crippen MR) is 75.7 cm³/mol. The number of non-ortho nitro benzene ring substituents is 1. The van der Waals surface area contributed by atoms with Gasteiger partial charge in [-0.25, -0.2) is 4.98 Å². The molecule has 2 aromatic rings. The van der Waals surface area contributed by atoms with E-state index in [9.17, 15) is 15.2 Å². The summed E-state index contributed by atoms with van der Waals surface area (Å²) >= 11 is 0. The highest BCUT2D eigenvalue weighted by molar-refractivity contribution is 5.97. The number of hydrogen-bond acceptors (Lipinski definition) is 5. The van der Waals surface area contributed by atoms with Crippen molar-refractivity contribution in [1.82, 2.24) is 4.98 Å². The van der Waals surface area contributed by atoms with Gasteiger partial charge in [0, 0.05) is 23.3 Å². The molecular weight excluding hydrogens is 258 g/mol. The normalized spacial score (nSPS) is 16.6. The molecule has 0 aliphatic heterocycles. The number of nitro groups is 1. The minimum atomic E-state index is -0.426. The van der Waals surface area contributed by atoms with Crippen LogP contribution in [0.15, 0.2) is 30.5 Å². The van der Waals surface area contributed by atoms with E-state index in [1.807, 2.05) is 0 Å². The number of benzene rings is 1. The molecule has 1 fully saturated rings. The van der Waals surface area contributed by atoms with E-state index in [-0.39, 0.29) is 17.8 Å². The van der Waals surface area contributed by atoms with Gasteiger partial charge in [0.15, 0.2) is 0 Å². The summed E-state index contributed by atoms with van der Waals surface area (Å²) in [5.41, 5.74) is 0.860. The van der Waals surface area contributed by atoms with E-state index in [1.54, 1.807) is 24.4 Å². The summed E-state index contributed by atoms with van der Waals surface area (Å²) in [4.78, 5) is 14.7. The predicted octanol–water partition coefficient (Wildman–Crippen LogP) is 2.47. The molecule has 0 radical (unpaired) electrons. The minimum Gasteiger partial charge on any atom is -0.394 e. The summed E-state index contributed by atoms with van der Waals surface area (Å²) in [5, 5.41) is 24.6. The fraction of sp³-hybridized carbons (Fsp3) is 0.357. The van der Waals surface area contributed by atoms with Gasteiger partial charge in [-0.2, -0.15) is 0 Å². The third-order valence-corrected chi connectivity index (χ3v) is 3.96. The van der Waals surface area contributed by atoms with Gasteiger partial charge in [0.05, 0.1) is 17.1 Å². The monoisotopic (exact) mass is 273 g/mol. The minimum absolute atomic E-state index is 0.00203. The summed E-state index contributed by atoms with van der Waals surface area (Å²) in [5.74, 6) is 0. The summed E-state index contributed by atoms with van der Waals surface area (Å²) in [6.07, 6.45) is 4.44. The number of aliphatic hydroxyl groups is 1. The summed E-state index contributed by atoms with van der Waals surface area (Å²) in [6, 6.07) is 6.71.